The zero-order valence-corrected chi connectivity index (χ0v) is 17.6. The molecule has 0 saturated carbocycles. The number of carbonyl (C=O) groups is 2. The molecule has 0 aliphatic carbocycles. The van der Waals surface area contributed by atoms with Crippen molar-refractivity contribution in [2.75, 3.05) is 45.2 Å². The van der Waals surface area contributed by atoms with E-state index in [-0.39, 0.29) is 19.2 Å². The van der Waals surface area contributed by atoms with Crippen LogP contribution in [0.4, 0.5) is 5.69 Å². The van der Waals surface area contributed by atoms with E-state index < -0.39 is 11.8 Å². The zero-order valence-electron chi connectivity index (χ0n) is 17.6. The van der Waals surface area contributed by atoms with Gasteiger partial charge in [0.2, 0.25) is 0 Å². The molecule has 2 amide bonds. The van der Waals surface area contributed by atoms with Crippen LogP contribution < -0.4 is 15.5 Å². The molecule has 1 heterocycles. The van der Waals surface area contributed by atoms with E-state index in [1.165, 1.54) is 11.1 Å². The highest BCUT2D eigenvalue weighted by molar-refractivity contribution is 6.35. The molecule has 1 unspecified atom stereocenters. The summed E-state index contributed by atoms with van der Waals surface area (Å²) in [6, 6.07) is 16.7. The van der Waals surface area contributed by atoms with Gasteiger partial charge in [0.05, 0.1) is 12.6 Å². The number of rotatable bonds is 7. The summed E-state index contributed by atoms with van der Waals surface area (Å²) >= 11 is 0. The van der Waals surface area contributed by atoms with Gasteiger partial charge in [0, 0.05) is 46.0 Å². The van der Waals surface area contributed by atoms with E-state index in [4.69, 9.17) is 5.11 Å². The number of hydrogen-bond donors (Lipinski definition) is 3. The Morgan fingerprint density at radius 3 is 2.37 bits per heavy atom. The van der Waals surface area contributed by atoms with Gasteiger partial charge in [0.15, 0.2) is 0 Å². The van der Waals surface area contributed by atoms with Crippen molar-refractivity contribution in [3.8, 4) is 0 Å². The normalized spacial score (nSPS) is 14.5. The van der Waals surface area contributed by atoms with Gasteiger partial charge in [-0.05, 0) is 35.2 Å². The Labute approximate surface area is 177 Å². The van der Waals surface area contributed by atoms with Crippen LogP contribution in [0.3, 0.4) is 0 Å². The lowest BCUT2D eigenvalue weighted by Gasteiger charge is -2.36. The Morgan fingerprint density at radius 2 is 1.70 bits per heavy atom. The van der Waals surface area contributed by atoms with Gasteiger partial charge in [-0.25, -0.2) is 0 Å². The van der Waals surface area contributed by atoms with E-state index in [2.05, 4.69) is 64.1 Å². The van der Waals surface area contributed by atoms with Crippen molar-refractivity contribution >= 4 is 17.5 Å². The molecular weight excluding hydrogens is 380 g/mol. The van der Waals surface area contributed by atoms with Gasteiger partial charge in [-0.2, -0.15) is 0 Å². The van der Waals surface area contributed by atoms with E-state index in [0.29, 0.717) is 6.54 Å². The standard InChI is InChI=1S/C23H30N4O3/c1-26(2)20-9-7-18(8-10-20)21(15-25-23(30)22(29)24-12-14-28)27-13-11-17-5-3-4-6-19(17)16-27/h3-10,21,28H,11-16H2,1-2H3,(H,24,29)(H,25,30). The van der Waals surface area contributed by atoms with Crippen molar-refractivity contribution < 1.29 is 14.7 Å². The molecule has 1 aliphatic heterocycles. The van der Waals surface area contributed by atoms with Crippen LogP contribution in [-0.4, -0.2) is 62.2 Å². The van der Waals surface area contributed by atoms with Crippen LogP contribution in [0.15, 0.2) is 48.5 Å². The molecule has 1 aliphatic rings. The fourth-order valence-electron chi connectivity index (χ4n) is 3.76. The smallest absolute Gasteiger partial charge is 0.309 e. The van der Waals surface area contributed by atoms with E-state index in [1.54, 1.807) is 0 Å². The first-order chi connectivity index (χ1) is 14.5. The predicted molar refractivity (Wildman–Crippen MR) is 117 cm³/mol. The van der Waals surface area contributed by atoms with E-state index >= 15 is 0 Å². The number of carbonyl (C=O) groups excluding carboxylic acids is 2. The Hall–Kier alpha value is -2.90. The molecule has 0 radical (unpaired) electrons. The highest BCUT2D eigenvalue weighted by atomic mass is 16.3. The maximum Gasteiger partial charge on any atom is 0.309 e. The first kappa shape index (κ1) is 21.8. The molecule has 30 heavy (non-hydrogen) atoms. The fourth-order valence-corrected chi connectivity index (χ4v) is 3.76. The van der Waals surface area contributed by atoms with Gasteiger partial charge in [0.1, 0.15) is 0 Å². The molecule has 0 fully saturated rings. The second-order valence-corrected chi connectivity index (χ2v) is 7.68. The van der Waals surface area contributed by atoms with E-state index in [9.17, 15) is 9.59 Å². The monoisotopic (exact) mass is 410 g/mol. The molecule has 7 heteroatoms. The lowest BCUT2D eigenvalue weighted by molar-refractivity contribution is -0.139. The average Bonchev–Trinajstić information content (AvgIpc) is 2.77. The zero-order chi connectivity index (χ0) is 21.5. The topological polar surface area (TPSA) is 84.9 Å². The number of fused-ring (bicyclic) bond motifs is 1. The lowest BCUT2D eigenvalue weighted by Crippen LogP contribution is -2.45. The molecule has 160 valence electrons. The third-order valence-corrected chi connectivity index (χ3v) is 5.45. The number of hydrogen-bond acceptors (Lipinski definition) is 5. The van der Waals surface area contributed by atoms with Crippen molar-refractivity contribution in [2.24, 2.45) is 0 Å². The molecule has 0 bridgehead atoms. The van der Waals surface area contributed by atoms with Crippen molar-refractivity contribution in [1.29, 1.82) is 0 Å². The number of aliphatic hydroxyl groups excluding tert-OH is 1. The number of anilines is 1. The summed E-state index contributed by atoms with van der Waals surface area (Å²) < 4.78 is 0. The minimum absolute atomic E-state index is 0.0517. The van der Waals surface area contributed by atoms with Crippen LogP contribution in [0, 0.1) is 0 Å². The maximum absolute atomic E-state index is 12.2. The predicted octanol–water partition coefficient (Wildman–Crippen LogP) is 1.08. The van der Waals surface area contributed by atoms with Gasteiger partial charge in [-0.3, -0.25) is 14.5 Å². The van der Waals surface area contributed by atoms with E-state index in [0.717, 1.165) is 30.8 Å². The summed E-state index contributed by atoms with van der Waals surface area (Å²) in [4.78, 5) is 28.4. The highest BCUT2D eigenvalue weighted by Crippen LogP contribution is 2.28. The van der Waals surface area contributed by atoms with Gasteiger partial charge in [0.25, 0.3) is 0 Å². The molecule has 0 aromatic heterocycles. The van der Waals surface area contributed by atoms with Crippen LogP contribution >= 0.6 is 0 Å². The molecule has 0 saturated heterocycles. The molecular formula is C23H30N4O3. The second-order valence-electron chi connectivity index (χ2n) is 7.68. The lowest BCUT2D eigenvalue weighted by atomic mass is 9.96. The number of nitrogens with zero attached hydrogens (tertiary/aromatic N) is 2. The third-order valence-electron chi connectivity index (χ3n) is 5.45. The van der Waals surface area contributed by atoms with Crippen molar-refractivity contribution in [1.82, 2.24) is 15.5 Å². The summed E-state index contributed by atoms with van der Waals surface area (Å²) in [5, 5.41) is 14.0. The summed E-state index contributed by atoms with van der Waals surface area (Å²) in [7, 11) is 4.00. The largest absolute Gasteiger partial charge is 0.395 e. The molecule has 2 aromatic carbocycles. The molecule has 3 rings (SSSR count). The Morgan fingerprint density at radius 1 is 1.03 bits per heavy atom. The summed E-state index contributed by atoms with van der Waals surface area (Å²) in [6.07, 6.45) is 0.952. The number of aliphatic hydroxyl groups is 1. The van der Waals surface area contributed by atoms with Crippen LogP contribution in [0.2, 0.25) is 0 Å². The average molecular weight is 411 g/mol. The van der Waals surface area contributed by atoms with Gasteiger partial charge in [-0.15, -0.1) is 0 Å². The van der Waals surface area contributed by atoms with E-state index in [1.807, 2.05) is 19.0 Å². The molecule has 0 spiro atoms. The first-order valence-electron chi connectivity index (χ1n) is 10.2. The maximum atomic E-state index is 12.2. The van der Waals surface area contributed by atoms with Gasteiger partial charge >= 0.3 is 11.8 Å². The Kier molecular flexibility index (Phi) is 7.43. The van der Waals surface area contributed by atoms with Crippen LogP contribution in [0.5, 0.6) is 0 Å². The number of nitrogens with one attached hydrogen (secondary N) is 2. The quantitative estimate of drug-likeness (QED) is 0.595. The van der Waals surface area contributed by atoms with Crippen molar-refractivity contribution in [2.45, 2.75) is 19.0 Å². The fraction of sp³-hybridized carbons (Fsp3) is 0.391. The van der Waals surface area contributed by atoms with Crippen LogP contribution in [-0.2, 0) is 22.6 Å². The first-order valence-corrected chi connectivity index (χ1v) is 10.2. The SMILES string of the molecule is CN(C)c1ccc(C(CNC(=O)C(=O)NCCO)N2CCc3ccccc3C2)cc1. The summed E-state index contributed by atoms with van der Waals surface area (Å²) in [5.41, 5.74) is 4.86. The number of benzene rings is 2. The summed E-state index contributed by atoms with van der Waals surface area (Å²) in [5.74, 6) is -1.41. The Balaban J connectivity index is 1.77. The summed E-state index contributed by atoms with van der Waals surface area (Å²) in [6.45, 7) is 1.86. The van der Waals surface area contributed by atoms with Crippen molar-refractivity contribution in [3.05, 3.63) is 65.2 Å². The van der Waals surface area contributed by atoms with Gasteiger partial charge < -0.3 is 20.6 Å². The third kappa shape index (κ3) is 5.37. The van der Waals surface area contributed by atoms with Crippen LogP contribution in [0.1, 0.15) is 22.7 Å². The van der Waals surface area contributed by atoms with Gasteiger partial charge in [-0.1, -0.05) is 36.4 Å². The minimum Gasteiger partial charge on any atom is -0.395 e. The molecule has 7 nitrogen and oxygen atoms in total. The second kappa shape index (κ2) is 10.2. The molecule has 1 atom stereocenters. The number of amides is 2. The van der Waals surface area contributed by atoms with Crippen LogP contribution in [0.25, 0.3) is 0 Å². The van der Waals surface area contributed by atoms with Crippen molar-refractivity contribution in [3.63, 3.8) is 0 Å². The highest BCUT2D eigenvalue weighted by Gasteiger charge is 2.26. The molecule has 3 N–H and O–H groups in total. The minimum atomic E-state index is -0.727. The molecule has 2 aromatic rings. The Bertz CT molecular complexity index is 867.